The number of benzene rings is 1. The van der Waals surface area contributed by atoms with Crippen LogP contribution in [0.5, 0.6) is 0 Å². The Hall–Kier alpha value is -2.44. The number of hydrogen-bond donors (Lipinski definition) is 0. The number of carbonyl (C=O) groups excluding carboxylic acids is 1. The van der Waals surface area contributed by atoms with Crippen LogP contribution in [0.1, 0.15) is 57.8 Å². The zero-order chi connectivity index (χ0) is 22.0. The van der Waals surface area contributed by atoms with Gasteiger partial charge in [0.1, 0.15) is 0 Å². The highest BCUT2D eigenvalue weighted by molar-refractivity contribution is 6.31. The van der Waals surface area contributed by atoms with Gasteiger partial charge in [0.25, 0.3) is 5.91 Å². The van der Waals surface area contributed by atoms with Gasteiger partial charge in [0, 0.05) is 30.8 Å². The summed E-state index contributed by atoms with van der Waals surface area (Å²) in [5.41, 5.74) is 6.40. The molecule has 6 rings (SSSR count). The molecule has 7 heteroatoms. The van der Waals surface area contributed by atoms with E-state index in [0.29, 0.717) is 18.1 Å². The Bertz CT molecular complexity index is 1220. The minimum Gasteiger partial charge on any atom is -0.328 e. The maximum absolute atomic E-state index is 13.6. The molecule has 2 aliphatic heterocycles. The molecule has 6 nitrogen and oxygen atoms in total. The first kappa shape index (κ1) is 20.2. The van der Waals surface area contributed by atoms with E-state index in [1.807, 2.05) is 41.5 Å². The van der Waals surface area contributed by atoms with E-state index in [0.717, 1.165) is 57.8 Å². The molecule has 2 fully saturated rings. The van der Waals surface area contributed by atoms with Gasteiger partial charge in [0.15, 0.2) is 5.65 Å². The number of aromatic nitrogens is 3. The van der Waals surface area contributed by atoms with Crippen LogP contribution in [0.25, 0.3) is 5.65 Å². The van der Waals surface area contributed by atoms with Crippen molar-refractivity contribution in [3.8, 4) is 0 Å². The predicted molar refractivity (Wildman–Crippen MR) is 124 cm³/mol. The molecule has 166 valence electrons. The predicted octanol–water partition coefficient (Wildman–Crippen LogP) is 4.39. The molecule has 1 saturated heterocycles. The van der Waals surface area contributed by atoms with Gasteiger partial charge >= 0.3 is 0 Å². The van der Waals surface area contributed by atoms with Crippen molar-refractivity contribution < 1.29 is 4.79 Å². The largest absolute Gasteiger partial charge is 0.328 e. The highest BCUT2D eigenvalue weighted by Crippen LogP contribution is 2.37. The average Bonchev–Trinajstić information content (AvgIpc) is 3.45. The number of nitrogens with zero attached hydrogens (tertiary/aromatic N) is 5. The SMILES string of the molecule is Cc1nc2c3c(nn2c(C)c1Cl)CN(C(=O)c1ccccc1CN1CC2CCC(C2)C1)C3. The van der Waals surface area contributed by atoms with Gasteiger partial charge in [0.05, 0.1) is 35.2 Å². The second-order valence-corrected chi connectivity index (χ2v) is 10.2. The zero-order valence-electron chi connectivity index (χ0n) is 18.6. The smallest absolute Gasteiger partial charge is 0.254 e. The summed E-state index contributed by atoms with van der Waals surface area (Å²) < 4.78 is 1.82. The Morgan fingerprint density at radius 1 is 1.12 bits per heavy atom. The van der Waals surface area contributed by atoms with Crippen LogP contribution in [0.15, 0.2) is 24.3 Å². The van der Waals surface area contributed by atoms with Crippen LogP contribution in [0, 0.1) is 25.7 Å². The molecule has 1 amide bonds. The fraction of sp³-hybridized carbons (Fsp3) is 0.480. The van der Waals surface area contributed by atoms with Crippen LogP contribution in [0.4, 0.5) is 0 Å². The number of likely N-dealkylation sites (tertiary alicyclic amines) is 1. The summed E-state index contributed by atoms with van der Waals surface area (Å²) in [4.78, 5) is 22.7. The van der Waals surface area contributed by atoms with Gasteiger partial charge < -0.3 is 4.90 Å². The topological polar surface area (TPSA) is 53.7 Å². The summed E-state index contributed by atoms with van der Waals surface area (Å²) in [5, 5.41) is 5.37. The Morgan fingerprint density at radius 3 is 2.66 bits per heavy atom. The van der Waals surface area contributed by atoms with E-state index >= 15 is 0 Å². The zero-order valence-corrected chi connectivity index (χ0v) is 19.4. The Labute approximate surface area is 193 Å². The third kappa shape index (κ3) is 3.23. The maximum Gasteiger partial charge on any atom is 0.254 e. The van der Waals surface area contributed by atoms with Gasteiger partial charge in [-0.2, -0.15) is 5.10 Å². The number of amides is 1. The van der Waals surface area contributed by atoms with Crippen molar-refractivity contribution in [2.45, 2.75) is 52.7 Å². The fourth-order valence-electron chi connectivity index (χ4n) is 5.98. The first-order chi connectivity index (χ1) is 15.5. The van der Waals surface area contributed by atoms with Crippen molar-refractivity contribution in [1.29, 1.82) is 0 Å². The summed E-state index contributed by atoms with van der Waals surface area (Å²) in [5.74, 6) is 1.77. The van der Waals surface area contributed by atoms with Crippen molar-refractivity contribution in [1.82, 2.24) is 24.4 Å². The molecule has 2 atom stereocenters. The molecule has 1 saturated carbocycles. The molecule has 0 radical (unpaired) electrons. The second kappa shape index (κ2) is 7.56. The Kier molecular flexibility index (Phi) is 4.77. The van der Waals surface area contributed by atoms with Crippen LogP contribution in [0.3, 0.4) is 0 Å². The number of rotatable bonds is 3. The molecular formula is C25H28ClN5O. The molecule has 4 heterocycles. The van der Waals surface area contributed by atoms with E-state index in [-0.39, 0.29) is 5.91 Å². The quantitative estimate of drug-likeness (QED) is 0.595. The number of halogens is 1. The molecule has 2 aromatic heterocycles. The van der Waals surface area contributed by atoms with Crippen LogP contribution < -0.4 is 0 Å². The van der Waals surface area contributed by atoms with Gasteiger partial charge in [0.2, 0.25) is 0 Å². The lowest BCUT2D eigenvalue weighted by molar-refractivity contribution is 0.0746. The number of piperidine rings is 1. The van der Waals surface area contributed by atoms with Crippen LogP contribution in [-0.2, 0) is 19.6 Å². The number of hydrogen-bond acceptors (Lipinski definition) is 4. The third-order valence-corrected chi connectivity index (χ3v) is 8.11. The van der Waals surface area contributed by atoms with Gasteiger partial charge in [-0.15, -0.1) is 0 Å². The summed E-state index contributed by atoms with van der Waals surface area (Å²) in [6, 6.07) is 8.12. The van der Waals surface area contributed by atoms with Gasteiger partial charge in [-0.1, -0.05) is 29.8 Å². The van der Waals surface area contributed by atoms with Crippen molar-refractivity contribution in [2.24, 2.45) is 11.8 Å². The molecule has 0 spiro atoms. The summed E-state index contributed by atoms with van der Waals surface area (Å²) in [7, 11) is 0. The average molecular weight is 450 g/mol. The molecular weight excluding hydrogens is 422 g/mol. The van der Waals surface area contributed by atoms with Crippen molar-refractivity contribution in [3.05, 3.63) is 63.1 Å². The van der Waals surface area contributed by atoms with Gasteiger partial charge in [-0.3, -0.25) is 9.69 Å². The molecule has 1 aromatic carbocycles. The molecule has 32 heavy (non-hydrogen) atoms. The first-order valence-electron chi connectivity index (χ1n) is 11.6. The molecule has 2 unspecified atom stereocenters. The Balaban J connectivity index is 1.25. The van der Waals surface area contributed by atoms with E-state index in [1.54, 1.807) is 0 Å². The number of carbonyl (C=O) groups is 1. The summed E-state index contributed by atoms with van der Waals surface area (Å²) >= 11 is 6.37. The minimum absolute atomic E-state index is 0.0825. The lowest BCUT2D eigenvalue weighted by Gasteiger charge is -2.32. The monoisotopic (exact) mass is 449 g/mol. The van der Waals surface area contributed by atoms with E-state index < -0.39 is 0 Å². The van der Waals surface area contributed by atoms with Gasteiger partial charge in [-0.05, 0) is 56.6 Å². The first-order valence-corrected chi connectivity index (χ1v) is 12.0. The number of aryl methyl sites for hydroxylation is 2. The summed E-state index contributed by atoms with van der Waals surface area (Å²) in [6.07, 6.45) is 4.13. The highest BCUT2D eigenvalue weighted by atomic mass is 35.5. The van der Waals surface area contributed by atoms with Crippen LogP contribution in [-0.4, -0.2) is 43.4 Å². The van der Waals surface area contributed by atoms with E-state index in [4.69, 9.17) is 16.7 Å². The molecule has 3 aliphatic rings. The Morgan fingerprint density at radius 2 is 1.88 bits per heavy atom. The lowest BCUT2D eigenvalue weighted by atomic mass is 9.97. The standard InChI is InChI=1S/C25H28ClN5O/c1-15-23(26)16(2)31-24(27-15)21-13-30(14-22(21)28-31)25(32)20-6-4-3-5-19(20)12-29-10-17-7-8-18(9-17)11-29/h3-6,17-18H,7-14H2,1-2H3. The molecule has 2 bridgehead atoms. The van der Waals surface area contributed by atoms with E-state index in [2.05, 4.69) is 16.0 Å². The van der Waals surface area contributed by atoms with Crippen LogP contribution in [0.2, 0.25) is 5.02 Å². The summed E-state index contributed by atoms with van der Waals surface area (Å²) in [6.45, 7) is 8.10. The van der Waals surface area contributed by atoms with Gasteiger partial charge in [-0.25, -0.2) is 9.50 Å². The molecule has 3 aromatic rings. The number of fused-ring (bicyclic) bond motifs is 5. The normalized spacial score (nSPS) is 22.7. The second-order valence-electron chi connectivity index (χ2n) is 9.81. The molecule has 0 N–H and O–H groups in total. The fourth-order valence-corrected chi connectivity index (χ4v) is 6.10. The van der Waals surface area contributed by atoms with E-state index in [9.17, 15) is 4.79 Å². The van der Waals surface area contributed by atoms with Crippen molar-refractivity contribution in [2.75, 3.05) is 13.1 Å². The van der Waals surface area contributed by atoms with Crippen molar-refractivity contribution >= 4 is 23.2 Å². The van der Waals surface area contributed by atoms with Crippen molar-refractivity contribution in [3.63, 3.8) is 0 Å². The maximum atomic E-state index is 13.6. The molecule has 1 aliphatic carbocycles. The van der Waals surface area contributed by atoms with Crippen LogP contribution >= 0.6 is 11.6 Å². The lowest BCUT2D eigenvalue weighted by Crippen LogP contribution is -2.36. The minimum atomic E-state index is 0.0825. The highest BCUT2D eigenvalue weighted by Gasteiger charge is 2.34. The van der Waals surface area contributed by atoms with E-state index in [1.165, 1.54) is 32.4 Å². The third-order valence-electron chi connectivity index (χ3n) is 7.57.